The minimum absolute atomic E-state index is 0.772. The van der Waals surface area contributed by atoms with Gasteiger partial charge in [0.25, 0.3) is 0 Å². The van der Waals surface area contributed by atoms with Crippen LogP contribution in [0.25, 0.3) is 0 Å². The third-order valence-electron chi connectivity index (χ3n) is 4.41. The SMILES string of the molecule is CO[Si](C)(CCc1ccc(CC[Si](OC)(OC)OC)cc1)OC. The Bertz CT molecular complexity index is 436. The Hall–Kier alpha value is -0.546. The lowest BCUT2D eigenvalue weighted by Gasteiger charge is -2.24. The van der Waals surface area contributed by atoms with Gasteiger partial charge in [-0.25, -0.2) is 0 Å². The van der Waals surface area contributed by atoms with Gasteiger partial charge in [0.05, 0.1) is 0 Å². The van der Waals surface area contributed by atoms with Crippen molar-refractivity contribution in [1.82, 2.24) is 0 Å². The molecule has 0 N–H and O–H groups in total. The van der Waals surface area contributed by atoms with Crippen LogP contribution in [0, 0.1) is 0 Å². The fraction of sp³-hybridized carbons (Fsp3) is 0.625. The number of hydrogen-bond donors (Lipinski definition) is 0. The number of aryl methyl sites for hydroxylation is 2. The van der Waals surface area contributed by atoms with Gasteiger partial charge in [0.1, 0.15) is 0 Å². The molecule has 0 fully saturated rings. The fourth-order valence-corrected chi connectivity index (χ4v) is 5.41. The molecule has 132 valence electrons. The maximum atomic E-state index is 5.53. The highest BCUT2D eigenvalue weighted by Gasteiger charge is 2.37. The third-order valence-corrected chi connectivity index (χ3v) is 10.0. The molecule has 0 saturated carbocycles. The zero-order chi connectivity index (χ0) is 17.3. The number of hydrogen-bond acceptors (Lipinski definition) is 5. The molecule has 0 aliphatic rings. The molecule has 1 aromatic carbocycles. The summed E-state index contributed by atoms with van der Waals surface area (Å²) >= 11 is 0. The largest absolute Gasteiger partial charge is 0.500 e. The van der Waals surface area contributed by atoms with Crippen LogP contribution in [0.5, 0.6) is 0 Å². The van der Waals surface area contributed by atoms with Crippen molar-refractivity contribution in [1.29, 1.82) is 0 Å². The normalized spacial score (nSPS) is 12.6. The molecule has 0 saturated heterocycles. The average molecular weight is 359 g/mol. The fourth-order valence-electron chi connectivity index (χ4n) is 2.39. The molecular formula is C16H30O5Si2. The van der Waals surface area contributed by atoms with Gasteiger partial charge in [0, 0.05) is 41.6 Å². The van der Waals surface area contributed by atoms with E-state index in [2.05, 4.69) is 30.8 Å². The van der Waals surface area contributed by atoms with E-state index in [1.165, 1.54) is 11.1 Å². The minimum Gasteiger partial charge on any atom is -0.398 e. The Morgan fingerprint density at radius 3 is 1.39 bits per heavy atom. The van der Waals surface area contributed by atoms with Gasteiger partial charge in [0.2, 0.25) is 0 Å². The van der Waals surface area contributed by atoms with E-state index in [0.717, 1.165) is 24.9 Å². The van der Waals surface area contributed by atoms with Crippen LogP contribution < -0.4 is 0 Å². The van der Waals surface area contributed by atoms with Crippen molar-refractivity contribution < 1.29 is 22.1 Å². The summed E-state index contributed by atoms with van der Waals surface area (Å²) in [5, 5.41) is 0. The summed E-state index contributed by atoms with van der Waals surface area (Å²) in [6.45, 7) is 2.09. The highest BCUT2D eigenvalue weighted by molar-refractivity contribution is 6.65. The van der Waals surface area contributed by atoms with Gasteiger partial charge in [0.15, 0.2) is 0 Å². The third kappa shape index (κ3) is 6.11. The Kier molecular flexibility index (Phi) is 8.62. The molecule has 0 aliphatic heterocycles. The van der Waals surface area contributed by atoms with Crippen LogP contribution in [0.4, 0.5) is 0 Å². The lowest BCUT2D eigenvalue weighted by molar-refractivity contribution is 0.123. The molecule has 0 aliphatic carbocycles. The summed E-state index contributed by atoms with van der Waals surface area (Å²) in [4.78, 5) is 0. The quantitative estimate of drug-likeness (QED) is 0.569. The van der Waals surface area contributed by atoms with Crippen molar-refractivity contribution in [3.63, 3.8) is 0 Å². The standard InChI is InChI=1S/C16H30O5Si2/c1-17-22(6,18-2)13-11-15-7-9-16(10-8-15)12-14-23(19-3,20-4)21-5/h7-10H,11-14H2,1-6H3. The molecule has 23 heavy (non-hydrogen) atoms. The molecular weight excluding hydrogens is 328 g/mol. The summed E-state index contributed by atoms with van der Waals surface area (Å²) in [6.07, 6.45) is 1.85. The molecule has 0 heterocycles. The van der Waals surface area contributed by atoms with E-state index in [9.17, 15) is 0 Å². The second-order valence-electron chi connectivity index (χ2n) is 5.65. The van der Waals surface area contributed by atoms with Gasteiger partial charge in [-0.3, -0.25) is 0 Å². The van der Waals surface area contributed by atoms with E-state index in [0.29, 0.717) is 0 Å². The van der Waals surface area contributed by atoms with Crippen molar-refractivity contribution in [3.05, 3.63) is 35.4 Å². The summed E-state index contributed by atoms with van der Waals surface area (Å²) in [5.41, 5.74) is 2.56. The maximum absolute atomic E-state index is 5.53. The smallest absolute Gasteiger partial charge is 0.398 e. The van der Waals surface area contributed by atoms with Crippen LogP contribution in [0.1, 0.15) is 11.1 Å². The van der Waals surface area contributed by atoms with Gasteiger partial charge >= 0.3 is 17.4 Å². The van der Waals surface area contributed by atoms with Gasteiger partial charge < -0.3 is 22.1 Å². The molecule has 0 amide bonds. The Balaban J connectivity index is 2.57. The molecule has 1 rings (SSSR count). The van der Waals surface area contributed by atoms with Crippen molar-refractivity contribution in [3.8, 4) is 0 Å². The molecule has 1 aromatic rings. The van der Waals surface area contributed by atoms with E-state index in [1.54, 1.807) is 35.5 Å². The van der Waals surface area contributed by atoms with Gasteiger partial charge in [-0.05, 0) is 36.6 Å². The second-order valence-corrected chi connectivity index (χ2v) is 12.3. The van der Waals surface area contributed by atoms with Crippen LogP contribution in [0.2, 0.25) is 18.6 Å². The summed E-state index contributed by atoms with van der Waals surface area (Å²) in [5.74, 6) is 0. The van der Waals surface area contributed by atoms with E-state index < -0.39 is 17.4 Å². The summed E-state index contributed by atoms with van der Waals surface area (Å²) in [7, 11) is 3.92. The Labute approximate surface area is 142 Å². The van der Waals surface area contributed by atoms with Gasteiger partial charge in [-0.1, -0.05) is 24.3 Å². The topological polar surface area (TPSA) is 46.2 Å². The van der Waals surface area contributed by atoms with E-state index in [-0.39, 0.29) is 0 Å². The molecule has 0 unspecified atom stereocenters. The van der Waals surface area contributed by atoms with E-state index in [1.807, 2.05) is 0 Å². The first kappa shape index (κ1) is 20.5. The van der Waals surface area contributed by atoms with E-state index in [4.69, 9.17) is 22.1 Å². The molecule has 7 heteroatoms. The number of rotatable bonds is 11. The lowest BCUT2D eigenvalue weighted by Crippen LogP contribution is -2.43. The highest BCUT2D eigenvalue weighted by atomic mass is 28.4. The zero-order valence-corrected chi connectivity index (χ0v) is 17.2. The van der Waals surface area contributed by atoms with Crippen LogP contribution in [-0.4, -0.2) is 52.9 Å². The number of benzene rings is 1. The van der Waals surface area contributed by atoms with Crippen LogP contribution in [-0.2, 0) is 35.0 Å². The minimum atomic E-state index is -2.49. The maximum Gasteiger partial charge on any atom is 0.500 e. The predicted molar refractivity (Wildman–Crippen MR) is 95.9 cm³/mol. The molecule has 5 nitrogen and oxygen atoms in total. The molecule has 0 atom stereocenters. The second kappa shape index (κ2) is 9.68. The van der Waals surface area contributed by atoms with Crippen LogP contribution >= 0.6 is 0 Å². The monoisotopic (exact) mass is 358 g/mol. The van der Waals surface area contributed by atoms with Crippen molar-refractivity contribution in [2.24, 2.45) is 0 Å². The van der Waals surface area contributed by atoms with Crippen LogP contribution in [0.3, 0.4) is 0 Å². The first-order chi connectivity index (χ1) is 11.0. The summed E-state index contributed by atoms with van der Waals surface area (Å²) in [6, 6.07) is 10.4. The summed E-state index contributed by atoms with van der Waals surface area (Å²) < 4.78 is 27.4. The Morgan fingerprint density at radius 1 is 0.652 bits per heavy atom. The molecule has 0 radical (unpaired) electrons. The predicted octanol–water partition coefficient (Wildman–Crippen LogP) is 3.01. The van der Waals surface area contributed by atoms with E-state index >= 15 is 0 Å². The first-order valence-corrected chi connectivity index (χ1v) is 12.3. The lowest BCUT2D eigenvalue weighted by atomic mass is 10.1. The molecule has 0 spiro atoms. The Morgan fingerprint density at radius 2 is 1.04 bits per heavy atom. The van der Waals surface area contributed by atoms with Crippen LogP contribution in [0.15, 0.2) is 24.3 Å². The zero-order valence-electron chi connectivity index (χ0n) is 15.2. The van der Waals surface area contributed by atoms with Crippen molar-refractivity contribution >= 4 is 17.4 Å². The molecule has 0 bridgehead atoms. The van der Waals surface area contributed by atoms with Crippen molar-refractivity contribution in [2.45, 2.75) is 31.5 Å². The average Bonchev–Trinajstić information content (AvgIpc) is 2.62. The first-order valence-electron chi connectivity index (χ1n) is 7.80. The van der Waals surface area contributed by atoms with Gasteiger partial charge in [-0.2, -0.15) is 0 Å². The molecule has 0 aromatic heterocycles. The van der Waals surface area contributed by atoms with Gasteiger partial charge in [-0.15, -0.1) is 0 Å². The highest BCUT2D eigenvalue weighted by Crippen LogP contribution is 2.19. The van der Waals surface area contributed by atoms with Crippen molar-refractivity contribution in [2.75, 3.05) is 35.5 Å².